The van der Waals surface area contributed by atoms with Gasteiger partial charge in [0.2, 0.25) is 0 Å². The van der Waals surface area contributed by atoms with Crippen molar-refractivity contribution in [3.05, 3.63) is 32.4 Å². The highest BCUT2D eigenvalue weighted by atomic mass is 127. The van der Waals surface area contributed by atoms with Crippen molar-refractivity contribution in [2.24, 2.45) is 0 Å². The van der Waals surface area contributed by atoms with Crippen molar-refractivity contribution >= 4 is 34.2 Å². The zero-order valence-corrected chi connectivity index (χ0v) is 10.8. The molecule has 0 amide bonds. The number of nitrogens with one attached hydrogen (secondary N) is 1. The number of halogens is 2. The molecular formula is C11H13ClIN. The molecule has 0 unspecified atom stereocenters. The first-order chi connectivity index (χ1) is 6.77. The van der Waals surface area contributed by atoms with Gasteiger partial charge in [0.1, 0.15) is 0 Å². The van der Waals surface area contributed by atoms with Crippen LogP contribution in [0.2, 0.25) is 5.02 Å². The summed E-state index contributed by atoms with van der Waals surface area (Å²) in [5, 5.41) is 4.39. The smallest absolute Gasteiger partial charge is 0.0542 e. The van der Waals surface area contributed by atoms with Crippen molar-refractivity contribution in [1.29, 1.82) is 0 Å². The first-order valence-corrected chi connectivity index (χ1v) is 6.41. The third kappa shape index (κ3) is 2.41. The summed E-state index contributed by atoms with van der Waals surface area (Å²) >= 11 is 8.36. The Kier molecular flexibility index (Phi) is 3.68. The van der Waals surface area contributed by atoms with E-state index in [4.69, 9.17) is 11.6 Å². The van der Waals surface area contributed by atoms with Gasteiger partial charge >= 0.3 is 0 Å². The molecule has 0 aliphatic carbocycles. The van der Waals surface area contributed by atoms with Crippen LogP contribution in [0.4, 0.5) is 0 Å². The van der Waals surface area contributed by atoms with Crippen molar-refractivity contribution in [2.75, 3.05) is 6.54 Å². The molecule has 1 atom stereocenters. The predicted molar refractivity (Wildman–Crippen MR) is 68.8 cm³/mol. The summed E-state index contributed by atoms with van der Waals surface area (Å²) in [6.07, 6.45) is 3.85. The van der Waals surface area contributed by atoms with Gasteiger partial charge in [-0.3, -0.25) is 0 Å². The van der Waals surface area contributed by atoms with E-state index in [2.05, 4.69) is 46.1 Å². The lowest BCUT2D eigenvalue weighted by Crippen LogP contribution is -2.26. The van der Waals surface area contributed by atoms with Crippen LogP contribution in [0.3, 0.4) is 0 Å². The molecule has 1 fully saturated rings. The third-order valence-electron chi connectivity index (χ3n) is 2.66. The molecule has 14 heavy (non-hydrogen) atoms. The van der Waals surface area contributed by atoms with Gasteiger partial charge in [0, 0.05) is 9.61 Å². The van der Waals surface area contributed by atoms with E-state index in [1.807, 2.05) is 0 Å². The third-order valence-corrected chi connectivity index (χ3v) is 4.23. The summed E-state index contributed by atoms with van der Waals surface area (Å²) < 4.78 is 1.13. The molecule has 3 heteroatoms. The Labute approximate surface area is 103 Å². The van der Waals surface area contributed by atoms with E-state index in [9.17, 15) is 0 Å². The second kappa shape index (κ2) is 4.81. The molecule has 1 aliphatic heterocycles. The second-order valence-corrected chi connectivity index (χ2v) is 5.25. The van der Waals surface area contributed by atoms with Gasteiger partial charge in [0.05, 0.1) is 5.02 Å². The van der Waals surface area contributed by atoms with E-state index in [-0.39, 0.29) is 0 Å². The Hall–Kier alpha value is 0.200. The van der Waals surface area contributed by atoms with Crippen LogP contribution in [0.5, 0.6) is 0 Å². The van der Waals surface area contributed by atoms with Gasteiger partial charge in [-0.05, 0) is 59.7 Å². The van der Waals surface area contributed by atoms with Gasteiger partial charge in [-0.25, -0.2) is 0 Å². The number of piperidine rings is 1. The van der Waals surface area contributed by atoms with E-state index in [0.29, 0.717) is 6.04 Å². The number of rotatable bonds is 1. The monoisotopic (exact) mass is 321 g/mol. The molecule has 1 heterocycles. The summed E-state index contributed by atoms with van der Waals surface area (Å²) in [7, 11) is 0. The molecule has 1 aromatic carbocycles. The van der Waals surface area contributed by atoms with Gasteiger partial charge in [-0.15, -0.1) is 0 Å². The average molecular weight is 322 g/mol. The SMILES string of the molecule is Clc1cc([C@@H]2CCCCN2)ccc1I. The van der Waals surface area contributed by atoms with Crippen molar-refractivity contribution in [2.45, 2.75) is 25.3 Å². The molecule has 1 aliphatic rings. The highest BCUT2D eigenvalue weighted by molar-refractivity contribution is 14.1. The first-order valence-electron chi connectivity index (χ1n) is 4.96. The Bertz CT molecular complexity index is 321. The maximum Gasteiger partial charge on any atom is 0.0542 e. The van der Waals surface area contributed by atoms with Crippen LogP contribution >= 0.6 is 34.2 Å². The molecule has 1 aromatic rings. The minimum absolute atomic E-state index is 0.512. The van der Waals surface area contributed by atoms with Crippen LogP contribution in [-0.4, -0.2) is 6.54 Å². The zero-order valence-electron chi connectivity index (χ0n) is 7.89. The molecule has 1 N–H and O–H groups in total. The van der Waals surface area contributed by atoms with Crippen LogP contribution in [0.15, 0.2) is 18.2 Å². The van der Waals surface area contributed by atoms with Crippen molar-refractivity contribution in [3.63, 3.8) is 0 Å². The summed E-state index contributed by atoms with van der Waals surface area (Å²) in [5.41, 5.74) is 1.33. The quantitative estimate of drug-likeness (QED) is 0.777. The summed E-state index contributed by atoms with van der Waals surface area (Å²) in [6, 6.07) is 6.87. The normalized spacial score (nSPS) is 22.3. The number of hydrogen-bond acceptors (Lipinski definition) is 1. The maximum atomic E-state index is 6.10. The number of hydrogen-bond donors (Lipinski definition) is 1. The van der Waals surface area contributed by atoms with E-state index < -0.39 is 0 Å². The molecule has 76 valence electrons. The molecule has 0 saturated carbocycles. The lowest BCUT2D eigenvalue weighted by molar-refractivity contribution is 0.412. The topological polar surface area (TPSA) is 12.0 Å². The zero-order chi connectivity index (χ0) is 9.97. The fourth-order valence-electron chi connectivity index (χ4n) is 1.87. The largest absolute Gasteiger partial charge is 0.310 e. The van der Waals surface area contributed by atoms with E-state index in [0.717, 1.165) is 15.1 Å². The van der Waals surface area contributed by atoms with Crippen LogP contribution < -0.4 is 5.32 Å². The van der Waals surface area contributed by atoms with Crippen molar-refractivity contribution < 1.29 is 0 Å². The van der Waals surface area contributed by atoms with Crippen molar-refractivity contribution in [3.8, 4) is 0 Å². The average Bonchev–Trinajstić information content (AvgIpc) is 2.23. The molecule has 0 radical (unpaired) electrons. The molecule has 1 saturated heterocycles. The van der Waals surface area contributed by atoms with Gasteiger partial charge in [0.25, 0.3) is 0 Å². The first kappa shape index (κ1) is 10.7. The Morgan fingerprint density at radius 1 is 1.36 bits per heavy atom. The Morgan fingerprint density at radius 3 is 2.86 bits per heavy atom. The fraction of sp³-hybridized carbons (Fsp3) is 0.455. The number of benzene rings is 1. The maximum absolute atomic E-state index is 6.10. The molecule has 0 spiro atoms. The molecule has 0 aromatic heterocycles. The lowest BCUT2D eigenvalue weighted by Gasteiger charge is -2.24. The van der Waals surface area contributed by atoms with E-state index >= 15 is 0 Å². The van der Waals surface area contributed by atoms with Crippen LogP contribution in [0, 0.1) is 3.57 Å². The predicted octanol–water partition coefficient (Wildman–Crippen LogP) is 3.76. The minimum atomic E-state index is 0.512. The van der Waals surface area contributed by atoms with Gasteiger partial charge in [-0.2, -0.15) is 0 Å². The lowest BCUT2D eigenvalue weighted by atomic mass is 9.98. The molecule has 1 nitrogen and oxygen atoms in total. The van der Waals surface area contributed by atoms with Gasteiger partial charge < -0.3 is 5.32 Å². The minimum Gasteiger partial charge on any atom is -0.310 e. The fourth-order valence-corrected chi connectivity index (χ4v) is 2.39. The highest BCUT2D eigenvalue weighted by Gasteiger charge is 2.14. The summed E-state index contributed by atoms with van der Waals surface area (Å²) in [6.45, 7) is 1.13. The van der Waals surface area contributed by atoms with E-state index in [1.165, 1.54) is 24.8 Å². The van der Waals surface area contributed by atoms with Crippen LogP contribution in [-0.2, 0) is 0 Å². The van der Waals surface area contributed by atoms with Gasteiger partial charge in [0.15, 0.2) is 0 Å². The van der Waals surface area contributed by atoms with Gasteiger partial charge in [-0.1, -0.05) is 24.1 Å². The Morgan fingerprint density at radius 2 is 2.21 bits per heavy atom. The van der Waals surface area contributed by atoms with E-state index in [1.54, 1.807) is 0 Å². The van der Waals surface area contributed by atoms with Crippen LogP contribution in [0.1, 0.15) is 30.9 Å². The Balaban J connectivity index is 2.18. The van der Waals surface area contributed by atoms with Crippen LogP contribution in [0.25, 0.3) is 0 Å². The van der Waals surface area contributed by atoms with Crippen molar-refractivity contribution in [1.82, 2.24) is 5.32 Å². The highest BCUT2D eigenvalue weighted by Crippen LogP contribution is 2.27. The molecular weight excluding hydrogens is 308 g/mol. The standard InChI is InChI=1S/C11H13ClIN/c12-9-7-8(4-5-10(9)13)11-3-1-2-6-14-11/h4-5,7,11,14H,1-3,6H2/t11-/m0/s1. The molecule has 2 rings (SSSR count). The summed E-state index contributed by atoms with van der Waals surface area (Å²) in [5.74, 6) is 0. The molecule has 0 bridgehead atoms. The summed E-state index contributed by atoms with van der Waals surface area (Å²) in [4.78, 5) is 0. The second-order valence-electron chi connectivity index (χ2n) is 3.68.